The molecule has 0 heterocycles. The molecule has 5 heteroatoms. The van der Waals surface area contributed by atoms with Crippen molar-refractivity contribution in [3.63, 3.8) is 0 Å². The molecule has 5 nitrogen and oxygen atoms in total. The molecule has 1 rings (SSSR count). The molecule has 16 heavy (non-hydrogen) atoms. The van der Waals surface area contributed by atoms with Gasteiger partial charge in [0.15, 0.2) is 0 Å². The van der Waals surface area contributed by atoms with E-state index in [0.717, 1.165) is 4.90 Å². The molecule has 0 atom stereocenters. The van der Waals surface area contributed by atoms with E-state index in [1.54, 1.807) is 30.3 Å². The van der Waals surface area contributed by atoms with Crippen LogP contribution in [0.1, 0.15) is 0 Å². The molecule has 0 unspecified atom stereocenters. The first-order valence-electron chi connectivity index (χ1n) is 4.75. The molecule has 1 aromatic carbocycles. The van der Waals surface area contributed by atoms with E-state index in [0.29, 0.717) is 18.7 Å². The average Bonchev–Trinajstić information content (AvgIpc) is 2.32. The van der Waals surface area contributed by atoms with Gasteiger partial charge in [-0.05, 0) is 12.1 Å². The van der Waals surface area contributed by atoms with Gasteiger partial charge in [0, 0.05) is 7.11 Å². The highest BCUT2D eigenvalue weighted by Crippen LogP contribution is 2.12. The maximum atomic E-state index is 11.5. The van der Waals surface area contributed by atoms with E-state index in [1.165, 1.54) is 7.11 Å². The number of imide groups is 1. The van der Waals surface area contributed by atoms with Crippen molar-refractivity contribution >= 4 is 18.2 Å². The lowest BCUT2D eigenvalue weighted by molar-refractivity contribution is -0.107. The van der Waals surface area contributed by atoms with Gasteiger partial charge in [0.1, 0.15) is 6.61 Å². The van der Waals surface area contributed by atoms with Gasteiger partial charge in [-0.2, -0.15) is 0 Å². The summed E-state index contributed by atoms with van der Waals surface area (Å²) in [5.41, 5.74) is 0.472. The highest BCUT2D eigenvalue weighted by molar-refractivity contribution is 6.03. The lowest BCUT2D eigenvalue weighted by Crippen LogP contribution is -2.30. The first kappa shape index (κ1) is 12.2. The van der Waals surface area contributed by atoms with Gasteiger partial charge >= 0.3 is 6.09 Å². The molecule has 0 spiro atoms. The third-order valence-electron chi connectivity index (χ3n) is 1.85. The smallest absolute Gasteiger partial charge is 0.421 e. The molecule has 0 aliphatic carbocycles. The number of hydrogen-bond donors (Lipinski definition) is 0. The Balaban J connectivity index is 2.61. The zero-order valence-corrected chi connectivity index (χ0v) is 8.96. The normalized spacial score (nSPS) is 9.56. The van der Waals surface area contributed by atoms with Gasteiger partial charge < -0.3 is 9.47 Å². The van der Waals surface area contributed by atoms with Gasteiger partial charge in [-0.25, -0.2) is 9.69 Å². The number of carbonyl (C=O) groups is 2. The second-order valence-corrected chi connectivity index (χ2v) is 2.92. The summed E-state index contributed by atoms with van der Waals surface area (Å²) in [6, 6.07) is 8.54. The highest BCUT2D eigenvalue weighted by atomic mass is 16.6. The van der Waals surface area contributed by atoms with Crippen LogP contribution in [0.2, 0.25) is 0 Å². The molecular formula is C11H13NO4. The summed E-state index contributed by atoms with van der Waals surface area (Å²) in [5.74, 6) is 0. The van der Waals surface area contributed by atoms with Crippen LogP contribution in [-0.2, 0) is 14.3 Å². The fraction of sp³-hybridized carbons (Fsp3) is 0.273. The summed E-state index contributed by atoms with van der Waals surface area (Å²) in [6.45, 7) is 0.416. The molecule has 0 bridgehead atoms. The Kier molecular flexibility index (Phi) is 5.01. The van der Waals surface area contributed by atoms with E-state index in [-0.39, 0.29) is 6.61 Å². The third-order valence-corrected chi connectivity index (χ3v) is 1.85. The van der Waals surface area contributed by atoms with Gasteiger partial charge in [-0.15, -0.1) is 0 Å². The monoisotopic (exact) mass is 223 g/mol. The van der Waals surface area contributed by atoms with Gasteiger partial charge in [0.2, 0.25) is 6.41 Å². The fourth-order valence-corrected chi connectivity index (χ4v) is 1.08. The number of rotatable bonds is 5. The number of amides is 2. The first-order chi connectivity index (χ1) is 7.79. The van der Waals surface area contributed by atoms with Crippen LogP contribution < -0.4 is 4.90 Å². The number of anilines is 1. The van der Waals surface area contributed by atoms with Crippen LogP contribution in [0.4, 0.5) is 10.5 Å². The van der Waals surface area contributed by atoms with Crippen LogP contribution in [0, 0.1) is 0 Å². The van der Waals surface area contributed by atoms with Gasteiger partial charge in [0.05, 0.1) is 12.3 Å². The highest BCUT2D eigenvalue weighted by Gasteiger charge is 2.15. The van der Waals surface area contributed by atoms with Crippen molar-refractivity contribution in [1.29, 1.82) is 0 Å². The Morgan fingerprint density at radius 1 is 1.31 bits per heavy atom. The van der Waals surface area contributed by atoms with Crippen LogP contribution in [-0.4, -0.2) is 32.8 Å². The predicted molar refractivity (Wildman–Crippen MR) is 58.2 cm³/mol. The Morgan fingerprint density at radius 3 is 2.56 bits per heavy atom. The zero-order valence-electron chi connectivity index (χ0n) is 8.96. The van der Waals surface area contributed by atoms with Crippen LogP contribution in [0.15, 0.2) is 30.3 Å². The van der Waals surface area contributed by atoms with Crippen LogP contribution >= 0.6 is 0 Å². The summed E-state index contributed by atoms with van der Waals surface area (Å²) in [5, 5.41) is 0. The van der Waals surface area contributed by atoms with Gasteiger partial charge in [0.25, 0.3) is 0 Å². The van der Waals surface area contributed by atoms with Crippen molar-refractivity contribution in [3.05, 3.63) is 30.3 Å². The molecule has 0 aromatic heterocycles. The topological polar surface area (TPSA) is 55.8 Å². The lowest BCUT2D eigenvalue weighted by atomic mass is 10.3. The van der Waals surface area contributed by atoms with Crippen molar-refractivity contribution in [1.82, 2.24) is 0 Å². The molecule has 0 radical (unpaired) electrons. The number of para-hydroxylation sites is 1. The molecule has 0 aliphatic heterocycles. The van der Waals surface area contributed by atoms with Gasteiger partial charge in [-0.1, -0.05) is 18.2 Å². The Hall–Kier alpha value is -1.88. The molecule has 2 amide bonds. The third kappa shape index (κ3) is 3.36. The zero-order chi connectivity index (χ0) is 11.8. The quantitative estimate of drug-likeness (QED) is 0.559. The number of methoxy groups -OCH3 is 1. The van der Waals surface area contributed by atoms with Crippen LogP contribution in [0.3, 0.4) is 0 Å². The summed E-state index contributed by atoms with van der Waals surface area (Å²) in [4.78, 5) is 23.1. The summed E-state index contributed by atoms with van der Waals surface area (Å²) >= 11 is 0. The SMILES string of the molecule is COCCOC(=O)N(C=O)c1ccccc1. The minimum atomic E-state index is -0.710. The van der Waals surface area contributed by atoms with Crippen molar-refractivity contribution in [2.45, 2.75) is 0 Å². The maximum absolute atomic E-state index is 11.5. The molecule has 0 saturated heterocycles. The first-order valence-corrected chi connectivity index (χ1v) is 4.75. The van der Waals surface area contributed by atoms with E-state index < -0.39 is 6.09 Å². The van der Waals surface area contributed by atoms with Crippen molar-refractivity contribution in [3.8, 4) is 0 Å². The van der Waals surface area contributed by atoms with Crippen molar-refractivity contribution in [2.75, 3.05) is 25.2 Å². The minimum absolute atomic E-state index is 0.118. The maximum Gasteiger partial charge on any atom is 0.421 e. The van der Waals surface area contributed by atoms with Crippen LogP contribution in [0.25, 0.3) is 0 Å². The Bertz CT molecular complexity index is 339. The second kappa shape index (κ2) is 6.58. The number of ether oxygens (including phenoxy) is 2. The van der Waals surface area contributed by atoms with E-state index in [9.17, 15) is 9.59 Å². The molecule has 0 saturated carbocycles. The second-order valence-electron chi connectivity index (χ2n) is 2.92. The Morgan fingerprint density at radius 2 is 2.00 bits per heavy atom. The van der Waals surface area contributed by atoms with Gasteiger partial charge in [-0.3, -0.25) is 4.79 Å². The minimum Gasteiger partial charge on any atom is -0.446 e. The van der Waals surface area contributed by atoms with E-state index >= 15 is 0 Å². The van der Waals surface area contributed by atoms with E-state index in [4.69, 9.17) is 9.47 Å². The molecular weight excluding hydrogens is 210 g/mol. The van der Waals surface area contributed by atoms with Crippen LogP contribution in [0.5, 0.6) is 0 Å². The molecule has 0 fully saturated rings. The summed E-state index contributed by atoms with van der Waals surface area (Å²) in [6.07, 6.45) is -0.289. The number of carbonyl (C=O) groups excluding carboxylic acids is 2. The lowest BCUT2D eigenvalue weighted by Gasteiger charge is -2.14. The average molecular weight is 223 g/mol. The van der Waals surface area contributed by atoms with E-state index in [2.05, 4.69) is 0 Å². The number of hydrogen-bond acceptors (Lipinski definition) is 4. The Labute approximate surface area is 93.6 Å². The molecule has 0 N–H and O–H groups in total. The fourth-order valence-electron chi connectivity index (χ4n) is 1.08. The van der Waals surface area contributed by atoms with Crippen molar-refractivity contribution in [2.24, 2.45) is 0 Å². The largest absolute Gasteiger partial charge is 0.446 e. The molecule has 86 valence electrons. The van der Waals surface area contributed by atoms with E-state index in [1.807, 2.05) is 0 Å². The molecule has 1 aromatic rings. The predicted octanol–water partition coefficient (Wildman–Crippen LogP) is 1.43. The standard InChI is InChI=1S/C11H13NO4/c1-15-7-8-16-11(14)12(9-13)10-5-3-2-4-6-10/h2-6,9H,7-8H2,1H3. The molecule has 0 aliphatic rings. The number of benzene rings is 1. The summed E-state index contributed by atoms with van der Waals surface area (Å²) in [7, 11) is 1.50. The van der Waals surface area contributed by atoms with Crippen molar-refractivity contribution < 1.29 is 19.1 Å². The number of nitrogens with zero attached hydrogens (tertiary/aromatic N) is 1. The summed E-state index contributed by atoms with van der Waals surface area (Å²) < 4.78 is 9.55.